The highest BCUT2D eigenvalue weighted by Crippen LogP contribution is 2.17. The van der Waals surface area contributed by atoms with E-state index in [1.54, 1.807) is 0 Å². The van der Waals surface area contributed by atoms with Crippen LogP contribution in [0.1, 0.15) is 329 Å². The second-order valence-corrected chi connectivity index (χ2v) is 21.3. The van der Waals surface area contributed by atoms with Crippen LogP contribution in [-0.4, -0.2) is 37.2 Å². The second kappa shape index (κ2) is 61.7. The Morgan fingerprint density at radius 2 is 0.534 bits per heavy atom. The zero-order chi connectivity index (χ0) is 52.9. The summed E-state index contributed by atoms with van der Waals surface area (Å²) in [5, 5.41) is 0. The van der Waals surface area contributed by atoms with E-state index in [2.05, 4.69) is 81.5 Å². The first-order chi connectivity index (χ1) is 36.0. The molecule has 6 heteroatoms. The minimum absolute atomic E-state index is 0.0727. The minimum Gasteiger partial charge on any atom is -0.462 e. The summed E-state index contributed by atoms with van der Waals surface area (Å²) in [6, 6.07) is 0. The Kier molecular flexibility index (Phi) is 59.2. The van der Waals surface area contributed by atoms with Crippen LogP contribution in [0.5, 0.6) is 0 Å². The quantitative estimate of drug-likeness (QED) is 0.0261. The molecule has 73 heavy (non-hydrogen) atoms. The topological polar surface area (TPSA) is 78.9 Å². The summed E-state index contributed by atoms with van der Waals surface area (Å²) in [6.45, 7) is 6.57. The van der Waals surface area contributed by atoms with Crippen molar-refractivity contribution in [1.29, 1.82) is 0 Å². The summed E-state index contributed by atoms with van der Waals surface area (Å²) in [7, 11) is 0. The van der Waals surface area contributed by atoms with Crippen LogP contribution in [0.4, 0.5) is 0 Å². The maximum absolute atomic E-state index is 12.9. The molecule has 1 atom stereocenters. The molecule has 6 nitrogen and oxygen atoms in total. The van der Waals surface area contributed by atoms with E-state index in [9.17, 15) is 14.4 Å². The Labute approximate surface area is 453 Å². The Morgan fingerprint density at radius 1 is 0.288 bits per heavy atom. The van der Waals surface area contributed by atoms with Gasteiger partial charge in [0.2, 0.25) is 0 Å². The molecule has 0 N–H and O–H groups in total. The van der Waals surface area contributed by atoms with Gasteiger partial charge in [-0.2, -0.15) is 0 Å². The van der Waals surface area contributed by atoms with Gasteiger partial charge in [0, 0.05) is 19.3 Å². The van der Waals surface area contributed by atoms with Crippen molar-refractivity contribution in [1.82, 2.24) is 0 Å². The van der Waals surface area contributed by atoms with Gasteiger partial charge in [-0.1, -0.05) is 306 Å². The number of carbonyl (C=O) groups excluding carboxylic acids is 3. The first-order valence-corrected chi connectivity index (χ1v) is 31.8. The van der Waals surface area contributed by atoms with Crippen molar-refractivity contribution in [3.63, 3.8) is 0 Å². The highest BCUT2D eigenvalue weighted by atomic mass is 16.6. The molecule has 0 heterocycles. The van der Waals surface area contributed by atoms with Gasteiger partial charge in [0.15, 0.2) is 6.10 Å². The van der Waals surface area contributed by atoms with Gasteiger partial charge >= 0.3 is 17.9 Å². The Balaban J connectivity index is 4.34. The van der Waals surface area contributed by atoms with Crippen molar-refractivity contribution < 1.29 is 28.6 Å². The molecule has 0 bridgehead atoms. The van der Waals surface area contributed by atoms with E-state index in [0.717, 1.165) is 96.3 Å². The average molecular weight is 1020 g/mol. The van der Waals surface area contributed by atoms with Gasteiger partial charge in [0.25, 0.3) is 0 Å². The summed E-state index contributed by atoms with van der Waals surface area (Å²) >= 11 is 0. The predicted octanol–water partition coefficient (Wildman–Crippen LogP) is 21.6. The predicted molar refractivity (Wildman–Crippen MR) is 316 cm³/mol. The molecule has 0 fully saturated rings. The smallest absolute Gasteiger partial charge is 0.306 e. The van der Waals surface area contributed by atoms with Crippen molar-refractivity contribution in [3.05, 3.63) is 60.8 Å². The van der Waals surface area contributed by atoms with Crippen molar-refractivity contribution in [2.45, 2.75) is 335 Å². The third-order valence-electron chi connectivity index (χ3n) is 14.0. The third-order valence-corrected chi connectivity index (χ3v) is 14.0. The lowest BCUT2D eigenvalue weighted by Crippen LogP contribution is -2.30. The summed E-state index contributed by atoms with van der Waals surface area (Å²) in [5.41, 5.74) is 0. The first-order valence-electron chi connectivity index (χ1n) is 31.8. The fourth-order valence-electron chi connectivity index (χ4n) is 9.30. The lowest BCUT2D eigenvalue weighted by Gasteiger charge is -2.18. The van der Waals surface area contributed by atoms with Crippen LogP contribution in [0.25, 0.3) is 0 Å². The number of hydrogen-bond donors (Lipinski definition) is 0. The van der Waals surface area contributed by atoms with Crippen LogP contribution in [0.3, 0.4) is 0 Å². The SMILES string of the molecule is CC/C=C\C/C=C\C/C=C\C/C=C\C/C=C\CCCCCCCCCC(=O)OCC(COC(=O)CCCCCCCCCCCCCCCCCC)OC(=O)CCCCCCCCCCCCCCCCCC. The lowest BCUT2D eigenvalue weighted by atomic mass is 10.0. The molecule has 0 radical (unpaired) electrons. The minimum atomic E-state index is -0.776. The molecular weight excluding hydrogens is 901 g/mol. The second-order valence-electron chi connectivity index (χ2n) is 21.3. The van der Waals surface area contributed by atoms with Crippen LogP contribution in [0, 0.1) is 0 Å². The van der Waals surface area contributed by atoms with Gasteiger partial charge in [0.1, 0.15) is 13.2 Å². The van der Waals surface area contributed by atoms with Crippen LogP contribution >= 0.6 is 0 Å². The Bertz CT molecular complexity index is 1310. The number of esters is 3. The molecule has 0 amide bonds. The van der Waals surface area contributed by atoms with Crippen LogP contribution in [-0.2, 0) is 28.6 Å². The summed E-state index contributed by atoms with van der Waals surface area (Å²) in [6.07, 6.45) is 77.9. The fourth-order valence-corrected chi connectivity index (χ4v) is 9.30. The van der Waals surface area contributed by atoms with E-state index in [1.165, 1.54) is 193 Å². The number of ether oxygens (including phenoxy) is 3. The molecule has 0 aromatic rings. The summed E-state index contributed by atoms with van der Waals surface area (Å²) in [5.74, 6) is -0.863. The molecule has 0 aromatic carbocycles. The highest BCUT2D eigenvalue weighted by molar-refractivity contribution is 5.71. The zero-order valence-corrected chi connectivity index (χ0v) is 48.7. The molecule has 0 saturated carbocycles. The number of allylic oxidation sites excluding steroid dienone is 10. The Morgan fingerprint density at radius 3 is 0.836 bits per heavy atom. The van der Waals surface area contributed by atoms with Crippen molar-refractivity contribution >= 4 is 17.9 Å². The molecular formula is C67H120O6. The van der Waals surface area contributed by atoms with Crippen LogP contribution < -0.4 is 0 Å². The van der Waals surface area contributed by atoms with E-state index in [-0.39, 0.29) is 31.1 Å². The maximum atomic E-state index is 12.9. The monoisotopic (exact) mass is 1020 g/mol. The van der Waals surface area contributed by atoms with E-state index in [1.807, 2.05) is 0 Å². The third kappa shape index (κ3) is 59.9. The molecule has 424 valence electrons. The Hall–Kier alpha value is -2.89. The van der Waals surface area contributed by atoms with Crippen molar-refractivity contribution in [3.8, 4) is 0 Å². The van der Waals surface area contributed by atoms with Crippen LogP contribution in [0.15, 0.2) is 60.8 Å². The number of hydrogen-bond acceptors (Lipinski definition) is 6. The van der Waals surface area contributed by atoms with Crippen molar-refractivity contribution in [2.24, 2.45) is 0 Å². The zero-order valence-electron chi connectivity index (χ0n) is 48.7. The molecule has 1 unspecified atom stereocenters. The average Bonchev–Trinajstić information content (AvgIpc) is 3.39. The molecule has 0 aromatic heterocycles. The van der Waals surface area contributed by atoms with E-state index in [4.69, 9.17) is 14.2 Å². The normalized spacial score (nSPS) is 12.4. The standard InChI is InChI=1S/C67H120O6/c1-4-7-10-13-16-19-22-25-28-31-32-33-34-35-36-37-40-42-45-48-51-54-57-60-66(69)72-63-64(73-67(70)61-58-55-52-49-46-43-39-30-27-24-21-18-15-12-9-6-3)62-71-65(68)59-56-53-50-47-44-41-38-29-26-23-20-17-14-11-8-5-2/h7,10,16,19,25,28,32-33,35-36,64H,4-6,8-9,11-15,17-18,20-24,26-27,29-31,34,37-63H2,1-3H3/b10-7-,19-16-,28-25-,33-32-,36-35-. The van der Waals surface area contributed by atoms with Gasteiger partial charge in [-0.15, -0.1) is 0 Å². The number of carbonyl (C=O) groups is 3. The molecule has 0 saturated heterocycles. The van der Waals surface area contributed by atoms with Gasteiger partial charge < -0.3 is 14.2 Å². The van der Waals surface area contributed by atoms with Crippen LogP contribution in [0.2, 0.25) is 0 Å². The van der Waals surface area contributed by atoms with Gasteiger partial charge in [-0.25, -0.2) is 0 Å². The molecule has 0 aliphatic rings. The molecule has 0 spiro atoms. The summed E-state index contributed by atoms with van der Waals surface area (Å²) in [4.78, 5) is 38.3. The lowest BCUT2D eigenvalue weighted by molar-refractivity contribution is -0.167. The maximum Gasteiger partial charge on any atom is 0.306 e. The highest BCUT2D eigenvalue weighted by Gasteiger charge is 2.19. The first kappa shape index (κ1) is 70.1. The van der Waals surface area contributed by atoms with E-state index < -0.39 is 6.10 Å². The van der Waals surface area contributed by atoms with Crippen molar-refractivity contribution in [2.75, 3.05) is 13.2 Å². The number of unbranched alkanes of at least 4 members (excludes halogenated alkanes) is 37. The largest absolute Gasteiger partial charge is 0.462 e. The van der Waals surface area contributed by atoms with E-state index >= 15 is 0 Å². The summed E-state index contributed by atoms with van der Waals surface area (Å²) < 4.78 is 16.9. The van der Waals surface area contributed by atoms with Gasteiger partial charge in [-0.05, 0) is 64.2 Å². The fraction of sp³-hybridized carbons (Fsp3) is 0.806. The van der Waals surface area contributed by atoms with Gasteiger partial charge in [0.05, 0.1) is 0 Å². The molecule has 0 aliphatic heterocycles. The number of rotatable bonds is 58. The molecule has 0 rings (SSSR count). The molecule has 0 aliphatic carbocycles. The van der Waals surface area contributed by atoms with Gasteiger partial charge in [-0.3, -0.25) is 14.4 Å². The van der Waals surface area contributed by atoms with E-state index in [0.29, 0.717) is 19.3 Å².